The first-order valence-electron chi connectivity index (χ1n) is 17.3. The fraction of sp³-hybridized carbons (Fsp3) is 0.125. The van der Waals surface area contributed by atoms with Gasteiger partial charge in [-0.15, -0.1) is 0 Å². The van der Waals surface area contributed by atoms with E-state index in [9.17, 15) is 0 Å². The highest BCUT2D eigenvalue weighted by Gasteiger charge is 2.19. The lowest BCUT2D eigenvalue weighted by molar-refractivity contribution is 1.07. The number of hydrogen-bond acceptors (Lipinski definition) is 1. The molecule has 0 aliphatic carbocycles. The summed E-state index contributed by atoms with van der Waals surface area (Å²) in [7, 11) is 0. The molecule has 6 aromatic rings. The number of hydrogen-bond donors (Lipinski definition) is 0. The number of aryl methyl sites for hydroxylation is 3. The lowest BCUT2D eigenvalue weighted by Crippen LogP contribution is -2.17. The quantitative estimate of drug-likeness (QED) is 0.120. The molecule has 0 radical (unpaired) electrons. The van der Waals surface area contributed by atoms with Gasteiger partial charge in [-0.2, -0.15) is 0 Å². The summed E-state index contributed by atoms with van der Waals surface area (Å²) in [5.41, 5.74) is 15.5. The molecule has 5 aromatic carbocycles. The normalized spacial score (nSPS) is 11.9. The van der Waals surface area contributed by atoms with E-state index in [1.165, 1.54) is 49.9 Å². The van der Waals surface area contributed by atoms with Crippen molar-refractivity contribution < 1.29 is 0 Å². The Bertz CT molecular complexity index is 2240. The summed E-state index contributed by atoms with van der Waals surface area (Å²) in [6.07, 6.45) is 14.3. The number of anilines is 2. The topological polar surface area (TPSA) is 8.17 Å². The van der Waals surface area contributed by atoms with Crippen LogP contribution in [0.5, 0.6) is 0 Å². The summed E-state index contributed by atoms with van der Waals surface area (Å²) < 4.78 is 2.35. The average Bonchev–Trinajstić information content (AvgIpc) is 3.41. The minimum Gasteiger partial charge on any atom is -0.310 e. The van der Waals surface area contributed by atoms with Gasteiger partial charge in [-0.1, -0.05) is 140 Å². The summed E-state index contributed by atoms with van der Waals surface area (Å²) in [5.74, 6) is 0. The van der Waals surface area contributed by atoms with Gasteiger partial charge in [-0.3, -0.25) is 0 Å². The lowest BCUT2D eigenvalue weighted by Gasteiger charge is -2.29. The Kier molecular flexibility index (Phi) is 10.6. The van der Waals surface area contributed by atoms with Crippen molar-refractivity contribution in [1.82, 2.24) is 4.57 Å². The second-order valence-corrected chi connectivity index (χ2v) is 13.0. The van der Waals surface area contributed by atoms with Gasteiger partial charge in [0, 0.05) is 28.2 Å². The van der Waals surface area contributed by atoms with E-state index in [1.54, 1.807) is 0 Å². The van der Waals surface area contributed by atoms with Crippen LogP contribution in [0.3, 0.4) is 0 Å². The number of benzene rings is 5. The molecule has 0 N–H and O–H groups in total. The van der Waals surface area contributed by atoms with Crippen LogP contribution in [0.25, 0.3) is 22.7 Å². The van der Waals surface area contributed by atoms with E-state index in [-0.39, 0.29) is 0 Å². The summed E-state index contributed by atoms with van der Waals surface area (Å²) in [6.45, 7) is 17.3. The molecule has 0 amide bonds. The molecule has 0 saturated heterocycles. The molecule has 0 aliphatic heterocycles. The van der Waals surface area contributed by atoms with Gasteiger partial charge in [0.25, 0.3) is 0 Å². The van der Waals surface area contributed by atoms with Crippen LogP contribution in [0.4, 0.5) is 11.4 Å². The van der Waals surface area contributed by atoms with E-state index in [2.05, 4.69) is 196 Å². The molecule has 0 bridgehead atoms. The molecule has 50 heavy (non-hydrogen) atoms. The molecule has 0 fully saturated rings. The van der Waals surface area contributed by atoms with E-state index < -0.39 is 0 Å². The lowest BCUT2D eigenvalue weighted by atomic mass is 9.95. The zero-order chi connectivity index (χ0) is 35.0. The van der Waals surface area contributed by atoms with Crippen LogP contribution < -0.4 is 4.90 Å². The molecular formula is C48H46N2. The van der Waals surface area contributed by atoms with Crippen molar-refractivity contribution in [3.63, 3.8) is 0 Å². The average molecular weight is 651 g/mol. The summed E-state index contributed by atoms with van der Waals surface area (Å²) in [6, 6.07) is 43.4. The summed E-state index contributed by atoms with van der Waals surface area (Å²) in [4.78, 5) is 2.29. The fourth-order valence-electron chi connectivity index (χ4n) is 6.76. The van der Waals surface area contributed by atoms with Gasteiger partial charge in [-0.25, -0.2) is 0 Å². The molecule has 0 aliphatic rings. The smallest absolute Gasteiger partial charge is 0.0537 e. The largest absolute Gasteiger partial charge is 0.310 e. The third kappa shape index (κ3) is 7.41. The first kappa shape index (κ1) is 34.0. The minimum atomic E-state index is 0.897. The van der Waals surface area contributed by atoms with E-state index in [0.717, 1.165) is 41.3 Å². The van der Waals surface area contributed by atoms with Crippen LogP contribution in [0.15, 0.2) is 176 Å². The predicted octanol–water partition coefficient (Wildman–Crippen LogP) is 12.7. The van der Waals surface area contributed by atoms with E-state index in [1.807, 2.05) is 12.2 Å². The van der Waals surface area contributed by atoms with Crippen LogP contribution in [-0.2, 0) is 12.8 Å². The van der Waals surface area contributed by atoms with Crippen molar-refractivity contribution in [3.05, 3.63) is 215 Å². The van der Waals surface area contributed by atoms with Crippen molar-refractivity contribution in [1.29, 1.82) is 0 Å². The Balaban J connectivity index is 1.35. The van der Waals surface area contributed by atoms with E-state index >= 15 is 0 Å². The molecule has 2 nitrogen and oxygen atoms in total. The Labute approximate surface area is 298 Å². The van der Waals surface area contributed by atoms with Crippen molar-refractivity contribution >= 4 is 28.4 Å². The third-order valence-corrected chi connectivity index (χ3v) is 9.39. The standard InChI is InChI=1S/C48H46N2/c1-7-8-27-46-39(6)44-26-15-17-29-47(44)50(46)43-31-30-37(4)48(34-43)49(45-28-16-12-20-36(45)3)38(5)21-18-19-35(2)32-41-24-13-14-25-42(41)33-40-22-10-9-11-23-40/h7-31,34H,1,5,32-33H2,2-4,6H3/b21-18-,27-8-,35-19+. The van der Waals surface area contributed by atoms with Crippen molar-refractivity contribution in [2.45, 2.75) is 40.5 Å². The number of fused-ring (bicyclic) bond motifs is 1. The monoisotopic (exact) mass is 650 g/mol. The summed E-state index contributed by atoms with van der Waals surface area (Å²) >= 11 is 0. The number of aromatic nitrogens is 1. The van der Waals surface area contributed by atoms with Gasteiger partial charge >= 0.3 is 0 Å². The maximum Gasteiger partial charge on any atom is 0.0537 e. The van der Waals surface area contributed by atoms with Gasteiger partial charge in [0.1, 0.15) is 0 Å². The molecule has 1 aromatic heterocycles. The highest BCUT2D eigenvalue weighted by atomic mass is 15.2. The molecule has 1 heterocycles. The number of nitrogens with zero attached hydrogens (tertiary/aromatic N) is 2. The Hall–Kier alpha value is -5.86. The highest BCUT2D eigenvalue weighted by molar-refractivity contribution is 5.90. The first-order chi connectivity index (χ1) is 24.4. The molecule has 2 heteroatoms. The molecule has 248 valence electrons. The van der Waals surface area contributed by atoms with Gasteiger partial charge in [0.05, 0.1) is 11.2 Å². The number of rotatable bonds is 12. The highest BCUT2D eigenvalue weighted by Crippen LogP contribution is 2.38. The van der Waals surface area contributed by atoms with Crippen molar-refractivity contribution in [2.24, 2.45) is 0 Å². The minimum absolute atomic E-state index is 0.897. The predicted molar refractivity (Wildman–Crippen MR) is 217 cm³/mol. The zero-order valence-electron chi connectivity index (χ0n) is 29.7. The number of para-hydroxylation sites is 2. The van der Waals surface area contributed by atoms with Gasteiger partial charge in [0.15, 0.2) is 0 Å². The molecular weight excluding hydrogens is 605 g/mol. The van der Waals surface area contributed by atoms with E-state index in [4.69, 9.17) is 0 Å². The second-order valence-electron chi connectivity index (χ2n) is 13.0. The van der Waals surface area contributed by atoms with Crippen LogP contribution in [0.2, 0.25) is 0 Å². The third-order valence-electron chi connectivity index (χ3n) is 9.39. The van der Waals surface area contributed by atoms with Crippen LogP contribution in [-0.4, -0.2) is 4.57 Å². The molecule has 0 atom stereocenters. The Morgan fingerprint density at radius 3 is 2.18 bits per heavy atom. The van der Waals surface area contributed by atoms with Gasteiger partial charge in [0.2, 0.25) is 0 Å². The van der Waals surface area contributed by atoms with Crippen LogP contribution in [0, 0.1) is 20.8 Å². The molecule has 0 unspecified atom stereocenters. The molecule has 0 saturated carbocycles. The SMILES string of the molecule is C=C/C=C\c1c(C)c2ccccc2n1-c1ccc(C)c(N(C(=C)/C=C\C=C(/C)Cc2ccccc2Cc2ccccc2)c2ccccc2C)c1. The molecule has 6 rings (SSSR count). The maximum atomic E-state index is 4.63. The van der Waals surface area contributed by atoms with Gasteiger partial charge < -0.3 is 9.47 Å². The van der Waals surface area contributed by atoms with Gasteiger partial charge in [-0.05, 0) is 110 Å². The van der Waals surface area contributed by atoms with Crippen LogP contribution >= 0.6 is 0 Å². The molecule has 0 spiro atoms. The maximum absolute atomic E-state index is 4.63. The zero-order valence-corrected chi connectivity index (χ0v) is 29.7. The fourth-order valence-corrected chi connectivity index (χ4v) is 6.76. The number of allylic oxidation sites excluding steroid dienone is 6. The van der Waals surface area contributed by atoms with Crippen molar-refractivity contribution in [3.8, 4) is 5.69 Å². The van der Waals surface area contributed by atoms with E-state index in [0.29, 0.717) is 0 Å². The first-order valence-corrected chi connectivity index (χ1v) is 17.3. The van der Waals surface area contributed by atoms with Crippen LogP contribution in [0.1, 0.15) is 46.0 Å². The Morgan fingerprint density at radius 1 is 0.720 bits per heavy atom. The van der Waals surface area contributed by atoms with Crippen molar-refractivity contribution in [2.75, 3.05) is 4.90 Å². The second kappa shape index (κ2) is 15.6. The Morgan fingerprint density at radius 2 is 1.40 bits per heavy atom. The summed E-state index contributed by atoms with van der Waals surface area (Å²) in [5, 5.41) is 1.24.